The molecule has 4 rings (SSSR count). The monoisotopic (exact) mass is 466 g/mol. The zero-order chi connectivity index (χ0) is 22.7. The summed E-state index contributed by atoms with van der Waals surface area (Å²) in [5.74, 6) is 0.0828. The number of thioether (sulfide) groups is 1. The molecule has 0 bridgehead atoms. The number of aromatic nitrogens is 1. The Morgan fingerprint density at radius 1 is 1.06 bits per heavy atom. The van der Waals surface area contributed by atoms with Gasteiger partial charge in [-0.15, -0.1) is 11.8 Å². The molecule has 0 aliphatic heterocycles. The van der Waals surface area contributed by atoms with Crippen LogP contribution < -0.4 is 5.32 Å². The van der Waals surface area contributed by atoms with Gasteiger partial charge in [0, 0.05) is 57.0 Å². The molecule has 4 aromatic rings. The third-order valence-electron chi connectivity index (χ3n) is 5.59. The second kappa shape index (κ2) is 9.80. The van der Waals surface area contributed by atoms with E-state index in [1.165, 1.54) is 11.6 Å². The van der Waals surface area contributed by atoms with Crippen LogP contribution >= 0.6 is 23.4 Å². The number of benzene rings is 3. The number of carbonyl (C=O) groups is 1. The first-order valence-electron chi connectivity index (χ1n) is 10.4. The number of carbonyl (C=O) groups excluding carboxylic acids is 1. The number of nitrogens with one attached hydrogen (secondary N) is 1. The van der Waals surface area contributed by atoms with Gasteiger partial charge in [-0.25, -0.2) is 4.39 Å². The average molecular weight is 467 g/mol. The normalized spacial score (nSPS) is 11.1. The summed E-state index contributed by atoms with van der Waals surface area (Å²) in [6.45, 7) is 5.18. The van der Waals surface area contributed by atoms with E-state index in [9.17, 15) is 9.18 Å². The highest BCUT2D eigenvalue weighted by Crippen LogP contribution is 2.34. The van der Waals surface area contributed by atoms with Gasteiger partial charge in [0.05, 0.1) is 0 Å². The number of nitrogens with zero attached hydrogens (tertiary/aromatic N) is 1. The van der Waals surface area contributed by atoms with E-state index in [1.54, 1.807) is 23.9 Å². The molecule has 0 aliphatic carbocycles. The van der Waals surface area contributed by atoms with Crippen LogP contribution in [-0.4, -0.2) is 17.0 Å². The Morgan fingerprint density at radius 3 is 2.66 bits per heavy atom. The number of aryl methyl sites for hydroxylation is 2. The molecule has 0 aliphatic rings. The Bertz CT molecular complexity index is 1260. The highest BCUT2D eigenvalue weighted by Gasteiger charge is 2.13. The Kier molecular flexibility index (Phi) is 6.87. The maximum Gasteiger partial charge on any atom is 0.251 e. The van der Waals surface area contributed by atoms with Crippen LogP contribution in [0.2, 0.25) is 5.02 Å². The van der Waals surface area contributed by atoms with E-state index in [0.717, 1.165) is 21.4 Å². The molecule has 6 heteroatoms. The van der Waals surface area contributed by atoms with Gasteiger partial charge in [0.15, 0.2) is 0 Å². The minimum absolute atomic E-state index is 0.0756. The van der Waals surface area contributed by atoms with Gasteiger partial charge in [-0.3, -0.25) is 4.79 Å². The molecule has 32 heavy (non-hydrogen) atoms. The van der Waals surface area contributed by atoms with E-state index >= 15 is 0 Å². The number of hydrogen-bond donors (Lipinski definition) is 1. The zero-order valence-corrected chi connectivity index (χ0v) is 19.6. The molecule has 0 atom stereocenters. The zero-order valence-electron chi connectivity index (χ0n) is 18.0. The van der Waals surface area contributed by atoms with Crippen molar-refractivity contribution in [3.63, 3.8) is 0 Å². The predicted octanol–water partition coefficient (Wildman–Crippen LogP) is 6.77. The standard InChI is InChI=1S/C26H24ClFN2OS/c1-17-10-11-19(14-18(17)2)26(31)29-12-13-30-15-25(20-6-3-4-9-24(20)30)32-16-21-22(27)7-5-8-23(21)28/h3-11,14-15H,12-13,16H2,1-2H3,(H,29,31). The van der Waals surface area contributed by atoms with Crippen LogP contribution in [0.5, 0.6) is 0 Å². The van der Waals surface area contributed by atoms with E-state index < -0.39 is 0 Å². The molecule has 0 radical (unpaired) electrons. The number of hydrogen-bond acceptors (Lipinski definition) is 2. The molecule has 0 saturated carbocycles. The summed E-state index contributed by atoms with van der Waals surface area (Å²) >= 11 is 7.75. The Morgan fingerprint density at radius 2 is 1.88 bits per heavy atom. The maximum atomic E-state index is 14.2. The van der Waals surface area contributed by atoms with E-state index in [-0.39, 0.29) is 11.7 Å². The van der Waals surface area contributed by atoms with Gasteiger partial charge in [0.1, 0.15) is 5.82 Å². The molecule has 0 unspecified atom stereocenters. The highest BCUT2D eigenvalue weighted by atomic mass is 35.5. The second-order valence-electron chi connectivity index (χ2n) is 7.75. The first-order valence-corrected chi connectivity index (χ1v) is 11.8. The summed E-state index contributed by atoms with van der Waals surface area (Å²) in [5.41, 5.74) is 4.53. The van der Waals surface area contributed by atoms with Gasteiger partial charge in [-0.2, -0.15) is 0 Å². The molecule has 3 nitrogen and oxygen atoms in total. The molecular formula is C26H24ClFN2OS. The first kappa shape index (κ1) is 22.4. The Hall–Kier alpha value is -2.76. The van der Waals surface area contributed by atoms with Crippen LogP contribution in [0.25, 0.3) is 10.9 Å². The molecule has 1 amide bonds. The smallest absolute Gasteiger partial charge is 0.251 e. The molecule has 0 fully saturated rings. The van der Waals surface area contributed by atoms with Crippen molar-refractivity contribution >= 4 is 40.2 Å². The predicted molar refractivity (Wildman–Crippen MR) is 131 cm³/mol. The largest absolute Gasteiger partial charge is 0.350 e. The van der Waals surface area contributed by atoms with Crippen molar-refractivity contribution in [2.24, 2.45) is 0 Å². The minimum Gasteiger partial charge on any atom is -0.350 e. The van der Waals surface area contributed by atoms with Crippen molar-refractivity contribution < 1.29 is 9.18 Å². The fourth-order valence-electron chi connectivity index (χ4n) is 3.61. The van der Waals surface area contributed by atoms with Gasteiger partial charge >= 0.3 is 0 Å². The van der Waals surface area contributed by atoms with Crippen LogP contribution in [0.15, 0.2) is 71.8 Å². The number of para-hydroxylation sites is 1. The topological polar surface area (TPSA) is 34.0 Å². The average Bonchev–Trinajstić information content (AvgIpc) is 3.13. The molecule has 1 heterocycles. The molecular weight excluding hydrogens is 443 g/mol. The van der Waals surface area contributed by atoms with Crippen molar-refractivity contribution in [1.82, 2.24) is 9.88 Å². The van der Waals surface area contributed by atoms with Crippen LogP contribution in [0.3, 0.4) is 0 Å². The highest BCUT2D eigenvalue weighted by molar-refractivity contribution is 7.98. The lowest BCUT2D eigenvalue weighted by atomic mass is 10.1. The van der Waals surface area contributed by atoms with Crippen LogP contribution in [-0.2, 0) is 12.3 Å². The third-order valence-corrected chi connectivity index (χ3v) is 7.02. The van der Waals surface area contributed by atoms with Gasteiger partial charge in [0.2, 0.25) is 0 Å². The summed E-state index contributed by atoms with van der Waals surface area (Å²) in [6, 6.07) is 18.6. The molecule has 1 aromatic heterocycles. The summed E-state index contributed by atoms with van der Waals surface area (Å²) in [6.07, 6.45) is 2.06. The molecule has 3 aromatic carbocycles. The van der Waals surface area contributed by atoms with Gasteiger partial charge in [-0.1, -0.05) is 41.9 Å². The third kappa shape index (κ3) is 4.84. The lowest BCUT2D eigenvalue weighted by Gasteiger charge is -2.09. The molecule has 0 saturated heterocycles. The number of fused-ring (bicyclic) bond motifs is 1. The Balaban J connectivity index is 1.46. The Labute approximate surface area is 196 Å². The van der Waals surface area contributed by atoms with Crippen molar-refractivity contribution in [3.8, 4) is 0 Å². The van der Waals surface area contributed by atoms with Crippen molar-refractivity contribution in [2.75, 3.05) is 6.54 Å². The quantitative estimate of drug-likeness (QED) is 0.305. The second-order valence-corrected chi connectivity index (χ2v) is 9.17. The summed E-state index contributed by atoms with van der Waals surface area (Å²) < 4.78 is 16.3. The van der Waals surface area contributed by atoms with Crippen LogP contribution in [0, 0.1) is 19.7 Å². The number of rotatable bonds is 7. The molecule has 0 spiro atoms. The van der Waals surface area contributed by atoms with Crippen LogP contribution in [0.4, 0.5) is 4.39 Å². The first-order chi connectivity index (χ1) is 15.4. The summed E-state index contributed by atoms with van der Waals surface area (Å²) in [4.78, 5) is 13.6. The maximum absolute atomic E-state index is 14.2. The van der Waals surface area contributed by atoms with Crippen molar-refractivity contribution in [3.05, 3.63) is 100.0 Å². The van der Waals surface area contributed by atoms with E-state index in [4.69, 9.17) is 11.6 Å². The summed E-state index contributed by atoms with van der Waals surface area (Å²) in [5, 5.41) is 4.55. The van der Waals surface area contributed by atoms with E-state index in [1.807, 2.05) is 44.2 Å². The van der Waals surface area contributed by atoms with Crippen molar-refractivity contribution in [1.29, 1.82) is 0 Å². The fourth-order valence-corrected chi connectivity index (χ4v) is 5.04. The van der Waals surface area contributed by atoms with Gasteiger partial charge in [-0.05, 0) is 55.3 Å². The summed E-state index contributed by atoms with van der Waals surface area (Å²) in [7, 11) is 0. The lowest BCUT2D eigenvalue weighted by Crippen LogP contribution is -2.27. The van der Waals surface area contributed by atoms with Gasteiger partial charge < -0.3 is 9.88 Å². The van der Waals surface area contributed by atoms with E-state index in [0.29, 0.717) is 35.0 Å². The number of amides is 1. The molecule has 1 N–H and O–H groups in total. The van der Waals surface area contributed by atoms with E-state index in [2.05, 4.69) is 28.2 Å². The fraction of sp³-hybridized carbons (Fsp3) is 0.192. The van der Waals surface area contributed by atoms with Crippen LogP contribution in [0.1, 0.15) is 27.0 Å². The van der Waals surface area contributed by atoms with Crippen molar-refractivity contribution in [2.45, 2.75) is 31.0 Å². The SMILES string of the molecule is Cc1ccc(C(=O)NCCn2cc(SCc3c(F)cccc3Cl)c3ccccc32)cc1C. The number of halogens is 2. The molecule has 164 valence electrons. The lowest BCUT2D eigenvalue weighted by molar-refractivity contribution is 0.0952. The minimum atomic E-state index is -0.289. The van der Waals surface area contributed by atoms with Gasteiger partial charge in [0.25, 0.3) is 5.91 Å².